The van der Waals surface area contributed by atoms with Gasteiger partial charge < -0.3 is 15.6 Å². The molecule has 0 amide bonds. The molecule has 3 N–H and O–H groups in total. The number of nitrogens with zero attached hydrogens (tertiary/aromatic N) is 3. The Morgan fingerprint density at radius 1 is 1.18 bits per heavy atom. The maximum atomic E-state index is 12.3. The van der Waals surface area contributed by atoms with Gasteiger partial charge in [-0.25, -0.2) is 15.0 Å². The summed E-state index contributed by atoms with van der Waals surface area (Å²) in [6.07, 6.45) is 2.42. The number of nitrogens with one attached hydrogen (secondary N) is 3. The van der Waals surface area contributed by atoms with Crippen LogP contribution in [0.25, 0.3) is 22.3 Å². The normalized spacial score (nSPS) is 14.2. The SMILES string of the molecule is CC.FC(F)(F)CNc1nccc(-c2cc3cnc(NC4CCC4)cc3[nH]2)n1. The summed E-state index contributed by atoms with van der Waals surface area (Å²) in [7, 11) is 0. The number of aromatic amines is 1. The number of rotatable bonds is 5. The van der Waals surface area contributed by atoms with Gasteiger partial charge in [0, 0.05) is 29.9 Å². The lowest BCUT2D eigenvalue weighted by Crippen LogP contribution is -2.27. The van der Waals surface area contributed by atoms with E-state index < -0.39 is 12.7 Å². The van der Waals surface area contributed by atoms with E-state index in [1.165, 1.54) is 12.6 Å². The summed E-state index contributed by atoms with van der Waals surface area (Å²) in [5.41, 5.74) is 2.09. The highest BCUT2D eigenvalue weighted by atomic mass is 19.4. The maximum Gasteiger partial charge on any atom is 0.405 e. The highest BCUT2D eigenvalue weighted by molar-refractivity contribution is 5.86. The highest BCUT2D eigenvalue weighted by Gasteiger charge is 2.27. The number of alkyl halides is 3. The van der Waals surface area contributed by atoms with Gasteiger partial charge in [-0.05, 0) is 31.4 Å². The zero-order valence-corrected chi connectivity index (χ0v) is 15.8. The Kier molecular flexibility index (Phi) is 6.01. The van der Waals surface area contributed by atoms with Crippen LogP contribution in [0.1, 0.15) is 33.1 Å². The van der Waals surface area contributed by atoms with Gasteiger partial charge in [0.1, 0.15) is 12.4 Å². The minimum absolute atomic E-state index is 0.0658. The Morgan fingerprint density at radius 2 is 1.96 bits per heavy atom. The molecule has 0 spiro atoms. The van der Waals surface area contributed by atoms with E-state index in [1.807, 2.05) is 26.0 Å². The van der Waals surface area contributed by atoms with E-state index in [2.05, 4.69) is 30.6 Å². The first-order valence-corrected chi connectivity index (χ1v) is 9.36. The van der Waals surface area contributed by atoms with Crippen LogP contribution in [0.2, 0.25) is 0 Å². The minimum atomic E-state index is -4.32. The van der Waals surface area contributed by atoms with Gasteiger partial charge in [0.2, 0.25) is 5.95 Å². The third kappa shape index (κ3) is 4.90. The molecule has 6 nitrogen and oxygen atoms in total. The minimum Gasteiger partial charge on any atom is -0.367 e. The first kappa shape index (κ1) is 19.9. The number of halogens is 3. The predicted molar refractivity (Wildman–Crippen MR) is 104 cm³/mol. The summed E-state index contributed by atoms with van der Waals surface area (Å²) in [4.78, 5) is 15.6. The fourth-order valence-corrected chi connectivity index (χ4v) is 2.78. The van der Waals surface area contributed by atoms with Crippen LogP contribution in [0.15, 0.2) is 30.6 Å². The van der Waals surface area contributed by atoms with E-state index >= 15 is 0 Å². The molecule has 0 saturated heterocycles. The van der Waals surface area contributed by atoms with E-state index in [0.717, 1.165) is 29.6 Å². The second-order valence-electron chi connectivity index (χ2n) is 6.35. The standard InChI is InChI=1S/C17H17F3N6.C2H6/c18-17(19,20)9-23-16-21-5-4-12(26-16)14-6-10-8-22-15(7-13(10)25-14)24-11-2-1-3-11;1-2/h4-8,11,25H,1-3,9H2,(H,22,24)(H,21,23,26);1-2H3. The fraction of sp³-hybridized carbons (Fsp3) is 0.421. The van der Waals surface area contributed by atoms with Crippen LogP contribution in [0.4, 0.5) is 24.9 Å². The molecule has 0 radical (unpaired) electrons. The van der Waals surface area contributed by atoms with Crippen molar-refractivity contribution in [3.05, 3.63) is 30.6 Å². The topological polar surface area (TPSA) is 78.5 Å². The third-order valence-corrected chi connectivity index (χ3v) is 4.34. The Balaban J connectivity index is 0.00000109. The smallest absolute Gasteiger partial charge is 0.367 e. The molecule has 0 aliphatic heterocycles. The van der Waals surface area contributed by atoms with Gasteiger partial charge in [-0.1, -0.05) is 13.8 Å². The van der Waals surface area contributed by atoms with Crippen molar-refractivity contribution in [2.45, 2.75) is 45.3 Å². The number of hydrogen-bond acceptors (Lipinski definition) is 5. The second-order valence-corrected chi connectivity index (χ2v) is 6.35. The highest BCUT2D eigenvalue weighted by Crippen LogP contribution is 2.27. The number of pyridine rings is 1. The van der Waals surface area contributed by atoms with Crippen molar-refractivity contribution in [1.82, 2.24) is 19.9 Å². The molecule has 3 aromatic heterocycles. The van der Waals surface area contributed by atoms with Crippen LogP contribution in [-0.2, 0) is 0 Å². The van der Waals surface area contributed by atoms with Crippen molar-refractivity contribution in [3.8, 4) is 11.4 Å². The molecule has 1 fully saturated rings. The molecular weight excluding hydrogens is 369 g/mol. The van der Waals surface area contributed by atoms with Crippen molar-refractivity contribution in [2.75, 3.05) is 17.2 Å². The monoisotopic (exact) mass is 392 g/mol. The second kappa shape index (κ2) is 8.45. The van der Waals surface area contributed by atoms with Gasteiger partial charge in [-0.2, -0.15) is 13.2 Å². The average molecular weight is 392 g/mol. The lowest BCUT2D eigenvalue weighted by molar-refractivity contribution is -0.115. The van der Waals surface area contributed by atoms with Crippen LogP contribution in [0.3, 0.4) is 0 Å². The summed E-state index contributed by atoms with van der Waals surface area (Å²) in [6, 6.07) is 5.93. The summed E-state index contributed by atoms with van der Waals surface area (Å²) < 4.78 is 37.0. The molecular formula is C19H23F3N6. The quantitative estimate of drug-likeness (QED) is 0.570. The Morgan fingerprint density at radius 3 is 2.64 bits per heavy atom. The Hall–Kier alpha value is -2.84. The molecule has 1 aliphatic carbocycles. The molecule has 28 heavy (non-hydrogen) atoms. The first-order valence-electron chi connectivity index (χ1n) is 9.36. The third-order valence-electron chi connectivity index (χ3n) is 4.34. The molecule has 3 heterocycles. The summed E-state index contributed by atoms with van der Waals surface area (Å²) in [6.45, 7) is 2.82. The zero-order chi connectivity index (χ0) is 20.1. The van der Waals surface area contributed by atoms with Gasteiger partial charge in [0.25, 0.3) is 0 Å². The molecule has 0 bridgehead atoms. The van der Waals surface area contributed by atoms with Crippen molar-refractivity contribution in [1.29, 1.82) is 0 Å². The van der Waals surface area contributed by atoms with Crippen molar-refractivity contribution < 1.29 is 13.2 Å². The number of fused-ring (bicyclic) bond motifs is 1. The van der Waals surface area contributed by atoms with E-state index in [-0.39, 0.29) is 5.95 Å². The Labute approximate surface area is 161 Å². The molecule has 0 aromatic carbocycles. The van der Waals surface area contributed by atoms with Crippen molar-refractivity contribution in [3.63, 3.8) is 0 Å². The van der Waals surface area contributed by atoms with Gasteiger partial charge in [0.15, 0.2) is 0 Å². The molecule has 9 heteroatoms. The van der Waals surface area contributed by atoms with Crippen LogP contribution < -0.4 is 10.6 Å². The first-order chi connectivity index (χ1) is 13.5. The van der Waals surface area contributed by atoms with E-state index in [1.54, 1.807) is 12.3 Å². The molecule has 3 aromatic rings. The van der Waals surface area contributed by atoms with E-state index in [4.69, 9.17) is 0 Å². The fourth-order valence-electron chi connectivity index (χ4n) is 2.78. The number of H-pyrrole nitrogens is 1. The average Bonchev–Trinajstić information content (AvgIpc) is 3.08. The van der Waals surface area contributed by atoms with E-state index in [0.29, 0.717) is 17.4 Å². The maximum absolute atomic E-state index is 12.3. The molecule has 150 valence electrons. The van der Waals surface area contributed by atoms with E-state index in [9.17, 15) is 13.2 Å². The van der Waals surface area contributed by atoms with Gasteiger partial charge in [0.05, 0.1) is 16.9 Å². The molecule has 4 rings (SSSR count). The van der Waals surface area contributed by atoms with Crippen molar-refractivity contribution in [2.24, 2.45) is 0 Å². The largest absolute Gasteiger partial charge is 0.405 e. The lowest BCUT2D eigenvalue weighted by atomic mass is 9.93. The zero-order valence-electron chi connectivity index (χ0n) is 15.8. The van der Waals surface area contributed by atoms with Crippen molar-refractivity contribution >= 4 is 22.7 Å². The molecule has 1 aliphatic rings. The van der Waals surface area contributed by atoms with Gasteiger partial charge >= 0.3 is 6.18 Å². The van der Waals surface area contributed by atoms with Gasteiger partial charge in [-0.15, -0.1) is 0 Å². The summed E-state index contributed by atoms with van der Waals surface area (Å²) in [5.74, 6) is 0.745. The van der Waals surface area contributed by atoms with Crippen LogP contribution in [0, 0.1) is 0 Å². The number of anilines is 2. The Bertz CT molecular complexity index is 917. The lowest BCUT2D eigenvalue weighted by Gasteiger charge is -2.26. The number of aromatic nitrogens is 4. The van der Waals surface area contributed by atoms with Crippen LogP contribution >= 0.6 is 0 Å². The molecule has 0 unspecified atom stereocenters. The predicted octanol–water partition coefficient (Wildman–Crippen LogP) is 4.98. The van der Waals surface area contributed by atoms with Gasteiger partial charge in [-0.3, -0.25) is 0 Å². The molecule has 0 atom stereocenters. The number of hydrogen-bond donors (Lipinski definition) is 3. The summed E-state index contributed by atoms with van der Waals surface area (Å²) in [5, 5.41) is 6.48. The molecule has 1 saturated carbocycles. The van der Waals surface area contributed by atoms with Crippen LogP contribution in [0.5, 0.6) is 0 Å². The summed E-state index contributed by atoms with van der Waals surface area (Å²) >= 11 is 0. The van der Waals surface area contributed by atoms with Crippen LogP contribution in [-0.4, -0.2) is 38.7 Å².